The van der Waals surface area contributed by atoms with Gasteiger partial charge in [-0.05, 0) is 40.5 Å². The van der Waals surface area contributed by atoms with Crippen molar-refractivity contribution in [2.75, 3.05) is 6.61 Å². The first-order valence-electron chi connectivity index (χ1n) is 10.6. The number of rotatable bonds is 16. The van der Waals surface area contributed by atoms with Gasteiger partial charge in [0, 0.05) is 37.3 Å². The summed E-state index contributed by atoms with van der Waals surface area (Å²) in [7, 11) is 0. The second-order valence-electron chi connectivity index (χ2n) is 8.09. The molecular formula is C22H40N2O4. The van der Waals surface area contributed by atoms with Gasteiger partial charge in [0.1, 0.15) is 11.6 Å². The highest BCUT2D eigenvalue weighted by molar-refractivity contribution is 5.86. The molecule has 0 heterocycles. The lowest BCUT2D eigenvalue weighted by Crippen LogP contribution is -2.49. The van der Waals surface area contributed by atoms with Gasteiger partial charge < -0.3 is 9.47 Å². The number of ether oxygens (including phenoxy) is 2. The average Bonchev–Trinajstić information content (AvgIpc) is 2.62. The molecule has 0 N–H and O–H groups in total. The summed E-state index contributed by atoms with van der Waals surface area (Å²) in [6.45, 7) is 14.4. The summed E-state index contributed by atoms with van der Waals surface area (Å²) in [4.78, 5) is 26.0. The zero-order chi connectivity index (χ0) is 21.7. The van der Waals surface area contributed by atoms with Crippen LogP contribution in [0, 0.1) is 17.2 Å². The molecule has 0 saturated carbocycles. The zero-order valence-electron chi connectivity index (χ0n) is 18.9. The Balaban J connectivity index is 4.80. The summed E-state index contributed by atoms with van der Waals surface area (Å²) in [6, 6.07) is 2.52. The van der Waals surface area contributed by atoms with E-state index in [9.17, 15) is 9.59 Å². The molecule has 2 unspecified atom stereocenters. The van der Waals surface area contributed by atoms with Crippen molar-refractivity contribution < 1.29 is 19.1 Å². The standard InChI is InChI=1S/C22H40N2O4/c1-8-20(12-10-19(25)11-13-21(26)16(2)3)28-22(27-15-9-14-23)24(17(4)5)18(6)7/h16-18,20,22H,8-13,15H2,1-7H3. The molecule has 0 spiro atoms. The van der Waals surface area contributed by atoms with Crippen LogP contribution in [0.25, 0.3) is 0 Å². The predicted octanol–water partition coefficient (Wildman–Crippen LogP) is 4.47. The lowest BCUT2D eigenvalue weighted by Gasteiger charge is -2.38. The topological polar surface area (TPSA) is 79.6 Å². The molecule has 28 heavy (non-hydrogen) atoms. The van der Waals surface area contributed by atoms with Crippen molar-refractivity contribution in [2.24, 2.45) is 5.92 Å². The number of hydrogen-bond donors (Lipinski definition) is 0. The summed E-state index contributed by atoms with van der Waals surface area (Å²) in [5.41, 5.74) is 0. The fourth-order valence-electron chi connectivity index (χ4n) is 3.02. The Morgan fingerprint density at radius 3 is 2.07 bits per heavy atom. The van der Waals surface area contributed by atoms with E-state index in [-0.39, 0.29) is 35.7 Å². The molecular weight excluding hydrogens is 356 g/mol. The van der Waals surface area contributed by atoms with Crippen molar-refractivity contribution in [2.45, 2.75) is 112 Å². The molecule has 0 aromatic carbocycles. The van der Waals surface area contributed by atoms with E-state index in [2.05, 4.69) is 38.7 Å². The Bertz CT molecular complexity index is 489. The van der Waals surface area contributed by atoms with Gasteiger partial charge in [0.2, 0.25) is 6.41 Å². The van der Waals surface area contributed by atoms with E-state index in [1.165, 1.54) is 0 Å². The van der Waals surface area contributed by atoms with E-state index in [1.54, 1.807) is 0 Å². The number of carbonyl (C=O) groups excluding carboxylic acids is 2. The van der Waals surface area contributed by atoms with Crippen LogP contribution >= 0.6 is 0 Å². The highest BCUT2D eigenvalue weighted by Crippen LogP contribution is 2.19. The molecule has 0 radical (unpaired) electrons. The van der Waals surface area contributed by atoms with Crippen molar-refractivity contribution >= 4 is 11.6 Å². The van der Waals surface area contributed by atoms with Gasteiger partial charge in [0.25, 0.3) is 0 Å². The Kier molecular flexibility index (Phi) is 14.0. The molecule has 0 aliphatic rings. The summed E-state index contributed by atoms with van der Waals surface area (Å²) in [5.74, 6) is 0.207. The Morgan fingerprint density at radius 1 is 1.00 bits per heavy atom. The number of hydrogen-bond acceptors (Lipinski definition) is 6. The van der Waals surface area contributed by atoms with Crippen molar-refractivity contribution in [3.8, 4) is 6.07 Å². The number of carbonyl (C=O) groups is 2. The predicted molar refractivity (Wildman–Crippen MR) is 111 cm³/mol. The molecule has 0 fully saturated rings. The van der Waals surface area contributed by atoms with Crippen LogP contribution in [0.5, 0.6) is 0 Å². The van der Waals surface area contributed by atoms with Crippen LogP contribution in [0.4, 0.5) is 0 Å². The number of nitrogens with zero attached hydrogens (tertiary/aromatic N) is 2. The second-order valence-corrected chi connectivity index (χ2v) is 8.09. The molecule has 0 amide bonds. The molecule has 162 valence electrons. The van der Waals surface area contributed by atoms with Gasteiger partial charge in [0.15, 0.2) is 0 Å². The van der Waals surface area contributed by atoms with E-state index in [0.717, 1.165) is 6.42 Å². The molecule has 0 aromatic rings. The van der Waals surface area contributed by atoms with Crippen LogP contribution in [-0.2, 0) is 19.1 Å². The summed E-state index contributed by atoms with van der Waals surface area (Å²) in [6.07, 6.45) is 2.05. The van der Waals surface area contributed by atoms with Crippen molar-refractivity contribution in [3.05, 3.63) is 0 Å². The van der Waals surface area contributed by atoms with Gasteiger partial charge in [-0.2, -0.15) is 5.26 Å². The van der Waals surface area contributed by atoms with Crippen LogP contribution in [0.1, 0.15) is 87.0 Å². The molecule has 2 atom stereocenters. The molecule has 0 aromatic heterocycles. The van der Waals surface area contributed by atoms with Crippen LogP contribution in [-0.4, -0.2) is 47.7 Å². The van der Waals surface area contributed by atoms with Gasteiger partial charge in [-0.1, -0.05) is 20.8 Å². The fraction of sp³-hybridized carbons (Fsp3) is 0.864. The molecule has 0 bridgehead atoms. The third kappa shape index (κ3) is 10.9. The average molecular weight is 397 g/mol. The Morgan fingerprint density at radius 2 is 1.61 bits per heavy atom. The van der Waals surface area contributed by atoms with Gasteiger partial charge in [-0.3, -0.25) is 14.5 Å². The summed E-state index contributed by atoms with van der Waals surface area (Å²) >= 11 is 0. The summed E-state index contributed by atoms with van der Waals surface area (Å²) < 4.78 is 12.1. The van der Waals surface area contributed by atoms with Gasteiger partial charge in [-0.25, -0.2) is 0 Å². The smallest absolute Gasteiger partial charge is 0.219 e. The number of nitriles is 1. The van der Waals surface area contributed by atoms with E-state index in [1.807, 2.05) is 20.8 Å². The Hall–Kier alpha value is -1.29. The number of ketones is 2. The lowest BCUT2D eigenvalue weighted by molar-refractivity contribution is -0.260. The lowest BCUT2D eigenvalue weighted by atomic mass is 10.0. The van der Waals surface area contributed by atoms with Crippen LogP contribution in [0.15, 0.2) is 0 Å². The molecule has 0 saturated heterocycles. The fourth-order valence-corrected chi connectivity index (χ4v) is 3.02. The maximum Gasteiger partial charge on any atom is 0.219 e. The molecule has 0 aliphatic carbocycles. The third-order valence-electron chi connectivity index (χ3n) is 4.71. The molecule has 0 rings (SSSR count). The van der Waals surface area contributed by atoms with Crippen molar-refractivity contribution in [3.63, 3.8) is 0 Å². The SMILES string of the molecule is CCC(CCC(=O)CCC(=O)C(C)C)OC(OCCC#N)N(C(C)C)C(C)C. The molecule has 6 heteroatoms. The minimum atomic E-state index is -0.545. The van der Waals surface area contributed by atoms with E-state index < -0.39 is 6.41 Å². The van der Waals surface area contributed by atoms with Gasteiger partial charge in [0.05, 0.1) is 25.2 Å². The Labute approximate surface area is 171 Å². The maximum atomic E-state index is 12.2. The van der Waals surface area contributed by atoms with E-state index >= 15 is 0 Å². The first-order chi connectivity index (χ1) is 13.1. The van der Waals surface area contributed by atoms with Crippen LogP contribution < -0.4 is 0 Å². The highest BCUT2D eigenvalue weighted by atomic mass is 16.7. The monoisotopic (exact) mass is 396 g/mol. The maximum absolute atomic E-state index is 12.2. The quantitative estimate of drug-likeness (QED) is 0.283. The van der Waals surface area contributed by atoms with E-state index in [4.69, 9.17) is 14.7 Å². The second kappa shape index (κ2) is 14.7. The number of Topliss-reactive ketones (excluding diaryl/α,β-unsaturated/α-hetero) is 2. The van der Waals surface area contributed by atoms with E-state index in [0.29, 0.717) is 38.7 Å². The molecule has 0 aliphatic heterocycles. The van der Waals surface area contributed by atoms with Gasteiger partial charge >= 0.3 is 0 Å². The third-order valence-corrected chi connectivity index (χ3v) is 4.71. The first-order valence-corrected chi connectivity index (χ1v) is 10.6. The minimum Gasteiger partial charge on any atom is -0.339 e. The van der Waals surface area contributed by atoms with Crippen LogP contribution in [0.2, 0.25) is 0 Å². The highest BCUT2D eigenvalue weighted by Gasteiger charge is 2.28. The van der Waals surface area contributed by atoms with Crippen LogP contribution in [0.3, 0.4) is 0 Å². The zero-order valence-corrected chi connectivity index (χ0v) is 18.9. The normalized spacial score (nSPS) is 13.9. The van der Waals surface area contributed by atoms with Crippen molar-refractivity contribution in [1.82, 2.24) is 4.90 Å². The minimum absolute atomic E-state index is 0.0242. The summed E-state index contributed by atoms with van der Waals surface area (Å²) in [5, 5.41) is 8.79. The van der Waals surface area contributed by atoms with Crippen molar-refractivity contribution in [1.29, 1.82) is 5.26 Å². The largest absolute Gasteiger partial charge is 0.339 e. The van der Waals surface area contributed by atoms with Gasteiger partial charge in [-0.15, -0.1) is 0 Å². The first kappa shape index (κ1) is 26.7. The molecule has 6 nitrogen and oxygen atoms in total.